The van der Waals surface area contributed by atoms with E-state index in [1.54, 1.807) is 6.20 Å². The van der Waals surface area contributed by atoms with Crippen LogP contribution in [0.15, 0.2) is 12.3 Å². The Labute approximate surface area is 60.1 Å². The molecule has 0 aliphatic carbocycles. The van der Waals surface area contributed by atoms with Gasteiger partial charge in [-0.2, -0.15) is 0 Å². The van der Waals surface area contributed by atoms with Crippen LogP contribution in [0.2, 0.25) is 0 Å². The minimum atomic E-state index is 0.519. The first-order valence-corrected chi connectivity index (χ1v) is 2.93. The Bertz CT molecular complexity index is 284. The van der Waals surface area contributed by atoms with E-state index in [0.717, 1.165) is 5.56 Å². The summed E-state index contributed by atoms with van der Waals surface area (Å²) in [5.74, 6) is 2.39. The molecular formula is C8H8N2. The van der Waals surface area contributed by atoms with Gasteiger partial charge in [-0.05, 0) is 24.5 Å². The first-order valence-electron chi connectivity index (χ1n) is 2.93. The Morgan fingerprint density at radius 2 is 2.40 bits per heavy atom. The molecule has 0 bridgehead atoms. The standard InChI is InChI=1S/C8H8N2/c1-3-8-7(9)4-6(2)5-10-8/h1,4-5H,9H2,2H3. The molecule has 0 saturated heterocycles. The smallest absolute Gasteiger partial charge is 0.135 e. The van der Waals surface area contributed by atoms with Gasteiger partial charge < -0.3 is 5.73 Å². The number of hydrogen-bond acceptors (Lipinski definition) is 2. The van der Waals surface area contributed by atoms with Crippen LogP contribution < -0.4 is 5.73 Å². The van der Waals surface area contributed by atoms with Gasteiger partial charge in [0.15, 0.2) is 0 Å². The number of aryl methyl sites for hydroxylation is 1. The molecule has 1 heterocycles. The average Bonchev–Trinajstić information content (AvgIpc) is 1.88. The quantitative estimate of drug-likeness (QED) is 0.534. The lowest BCUT2D eigenvalue weighted by Gasteiger charge is -1.96. The first-order chi connectivity index (χ1) is 4.74. The third kappa shape index (κ3) is 1.08. The second-order valence-corrected chi connectivity index (χ2v) is 2.09. The van der Waals surface area contributed by atoms with E-state index in [9.17, 15) is 0 Å². The molecular weight excluding hydrogens is 124 g/mol. The van der Waals surface area contributed by atoms with Crippen LogP contribution in [-0.2, 0) is 0 Å². The summed E-state index contributed by atoms with van der Waals surface area (Å²) in [6, 6.07) is 1.81. The van der Waals surface area contributed by atoms with Gasteiger partial charge in [0, 0.05) is 6.20 Å². The van der Waals surface area contributed by atoms with Gasteiger partial charge in [0.25, 0.3) is 0 Å². The molecule has 2 nitrogen and oxygen atoms in total. The van der Waals surface area contributed by atoms with Gasteiger partial charge in [-0.15, -0.1) is 6.42 Å². The number of anilines is 1. The fourth-order valence-electron chi connectivity index (χ4n) is 0.712. The zero-order chi connectivity index (χ0) is 7.56. The summed E-state index contributed by atoms with van der Waals surface area (Å²) in [4.78, 5) is 3.94. The number of rotatable bonds is 0. The van der Waals surface area contributed by atoms with Crippen molar-refractivity contribution in [2.75, 3.05) is 5.73 Å². The summed E-state index contributed by atoms with van der Waals surface area (Å²) in [5.41, 5.74) is 7.64. The van der Waals surface area contributed by atoms with E-state index in [2.05, 4.69) is 10.9 Å². The minimum Gasteiger partial charge on any atom is -0.396 e. The highest BCUT2D eigenvalue weighted by atomic mass is 14.7. The number of nitrogens with two attached hydrogens (primary N) is 1. The Balaban J connectivity index is 3.23. The van der Waals surface area contributed by atoms with Crippen LogP contribution in [0, 0.1) is 19.3 Å². The molecule has 10 heavy (non-hydrogen) atoms. The highest BCUT2D eigenvalue weighted by Gasteiger charge is 1.94. The van der Waals surface area contributed by atoms with Crippen molar-refractivity contribution in [1.82, 2.24) is 4.98 Å². The number of nitrogens with zero attached hydrogens (tertiary/aromatic N) is 1. The number of aromatic nitrogens is 1. The molecule has 0 atom stereocenters. The molecule has 1 aromatic heterocycles. The van der Waals surface area contributed by atoms with Crippen molar-refractivity contribution in [1.29, 1.82) is 0 Å². The third-order valence-electron chi connectivity index (χ3n) is 1.19. The molecule has 50 valence electrons. The molecule has 0 unspecified atom stereocenters. The van der Waals surface area contributed by atoms with Crippen molar-refractivity contribution in [2.24, 2.45) is 0 Å². The second kappa shape index (κ2) is 2.40. The van der Waals surface area contributed by atoms with Crippen LogP contribution in [0.25, 0.3) is 0 Å². The lowest BCUT2D eigenvalue weighted by Crippen LogP contribution is -1.93. The molecule has 2 heteroatoms. The van der Waals surface area contributed by atoms with Crippen LogP contribution in [0.5, 0.6) is 0 Å². The highest BCUT2D eigenvalue weighted by Crippen LogP contribution is 2.07. The van der Waals surface area contributed by atoms with E-state index in [-0.39, 0.29) is 0 Å². The van der Waals surface area contributed by atoms with Crippen LogP contribution in [0.3, 0.4) is 0 Å². The molecule has 2 N–H and O–H groups in total. The van der Waals surface area contributed by atoms with Gasteiger partial charge in [0.2, 0.25) is 0 Å². The van der Waals surface area contributed by atoms with Crippen LogP contribution in [0.1, 0.15) is 11.3 Å². The average molecular weight is 132 g/mol. The summed E-state index contributed by atoms with van der Waals surface area (Å²) in [7, 11) is 0. The zero-order valence-electron chi connectivity index (χ0n) is 5.76. The number of pyridine rings is 1. The fourth-order valence-corrected chi connectivity index (χ4v) is 0.712. The monoisotopic (exact) mass is 132 g/mol. The third-order valence-corrected chi connectivity index (χ3v) is 1.19. The summed E-state index contributed by atoms with van der Waals surface area (Å²) < 4.78 is 0. The molecule has 0 aliphatic rings. The molecule has 1 aromatic rings. The number of terminal acetylenes is 1. The largest absolute Gasteiger partial charge is 0.396 e. The summed E-state index contributed by atoms with van der Waals surface area (Å²) in [6.45, 7) is 1.92. The maximum Gasteiger partial charge on any atom is 0.135 e. The van der Waals surface area contributed by atoms with Gasteiger partial charge in [-0.25, -0.2) is 4.98 Å². The molecule has 0 aromatic carbocycles. The maximum absolute atomic E-state index is 5.53. The normalized spacial score (nSPS) is 8.80. The SMILES string of the molecule is C#Cc1ncc(C)cc1N. The molecule has 0 amide bonds. The first kappa shape index (κ1) is 6.63. The second-order valence-electron chi connectivity index (χ2n) is 2.09. The van der Waals surface area contributed by atoms with Gasteiger partial charge in [-0.3, -0.25) is 0 Å². The molecule has 0 radical (unpaired) electrons. The van der Waals surface area contributed by atoms with E-state index in [4.69, 9.17) is 12.2 Å². The van der Waals surface area contributed by atoms with Crippen molar-refractivity contribution < 1.29 is 0 Å². The van der Waals surface area contributed by atoms with Crippen LogP contribution in [0.4, 0.5) is 5.69 Å². The molecule has 0 aliphatic heterocycles. The maximum atomic E-state index is 5.53. The van der Waals surface area contributed by atoms with Crippen molar-refractivity contribution in [2.45, 2.75) is 6.92 Å². The summed E-state index contributed by atoms with van der Waals surface area (Å²) in [6.07, 6.45) is 6.81. The fraction of sp³-hybridized carbons (Fsp3) is 0.125. The Hall–Kier alpha value is -1.49. The van der Waals surface area contributed by atoms with E-state index in [0.29, 0.717) is 11.4 Å². The van der Waals surface area contributed by atoms with Crippen LogP contribution >= 0.6 is 0 Å². The minimum absolute atomic E-state index is 0.519. The van der Waals surface area contributed by atoms with Gasteiger partial charge >= 0.3 is 0 Å². The lowest BCUT2D eigenvalue weighted by atomic mass is 10.2. The zero-order valence-corrected chi connectivity index (χ0v) is 5.76. The van der Waals surface area contributed by atoms with Crippen LogP contribution in [-0.4, -0.2) is 4.98 Å². The molecule has 0 saturated carbocycles. The van der Waals surface area contributed by atoms with E-state index in [1.807, 2.05) is 13.0 Å². The van der Waals surface area contributed by atoms with Crippen molar-refractivity contribution in [3.05, 3.63) is 23.5 Å². The Morgan fingerprint density at radius 3 is 2.90 bits per heavy atom. The predicted octanol–water partition coefficient (Wildman–Crippen LogP) is 0.954. The van der Waals surface area contributed by atoms with Gasteiger partial charge in [0.05, 0.1) is 5.69 Å². The Kier molecular flexibility index (Phi) is 1.59. The van der Waals surface area contributed by atoms with E-state index < -0.39 is 0 Å². The topological polar surface area (TPSA) is 38.9 Å². The Morgan fingerprint density at radius 1 is 1.70 bits per heavy atom. The molecule has 0 spiro atoms. The van der Waals surface area contributed by atoms with Crippen molar-refractivity contribution in [3.63, 3.8) is 0 Å². The molecule has 1 rings (SSSR count). The number of nitrogen functional groups attached to an aromatic ring is 1. The van der Waals surface area contributed by atoms with Gasteiger partial charge in [-0.1, -0.05) is 0 Å². The van der Waals surface area contributed by atoms with E-state index in [1.165, 1.54) is 0 Å². The highest BCUT2D eigenvalue weighted by molar-refractivity contribution is 5.51. The number of hydrogen-bond donors (Lipinski definition) is 1. The molecule has 0 fully saturated rings. The van der Waals surface area contributed by atoms with E-state index >= 15 is 0 Å². The summed E-state index contributed by atoms with van der Waals surface area (Å²) >= 11 is 0. The van der Waals surface area contributed by atoms with Gasteiger partial charge in [0.1, 0.15) is 5.69 Å². The lowest BCUT2D eigenvalue weighted by molar-refractivity contribution is 1.24. The predicted molar refractivity (Wildman–Crippen MR) is 41.3 cm³/mol. The van der Waals surface area contributed by atoms with Crippen molar-refractivity contribution >= 4 is 5.69 Å². The van der Waals surface area contributed by atoms with Crippen molar-refractivity contribution in [3.8, 4) is 12.3 Å². The summed E-state index contributed by atoms with van der Waals surface area (Å²) in [5, 5.41) is 0.